The summed E-state index contributed by atoms with van der Waals surface area (Å²) < 4.78 is 39.9. The summed E-state index contributed by atoms with van der Waals surface area (Å²) in [5.41, 5.74) is 0. The van der Waals surface area contributed by atoms with Crippen LogP contribution >= 0.6 is 11.3 Å². The topological polar surface area (TPSA) is 101 Å². The summed E-state index contributed by atoms with van der Waals surface area (Å²) in [4.78, 5) is 12.2. The van der Waals surface area contributed by atoms with Gasteiger partial charge in [-0.15, -0.1) is 10.2 Å². The van der Waals surface area contributed by atoms with Crippen LogP contribution in [-0.4, -0.2) is 30.6 Å². The molecule has 2 N–H and O–H groups in total. The SMILES string of the molecule is CCC(NS(=O)(=O)c1ccc(F)cc1)C(=O)Nc1nnc(C(C)C)s1. The van der Waals surface area contributed by atoms with Crippen molar-refractivity contribution in [3.63, 3.8) is 0 Å². The maximum atomic E-state index is 12.9. The van der Waals surface area contributed by atoms with Crippen molar-refractivity contribution < 1.29 is 17.6 Å². The number of benzene rings is 1. The molecule has 0 aliphatic carbocycles. The van der Waals surface area contributed by atoms with Gasteiger partial charge in [-0.2, -0.15) is 4.72 Å². The third kappa shape index (κ3) is 5.03. The van der Waals surface area contributed by atoms with E-state index in [4.69, 9.17) is 0 Å². The van der Waals surface area contributed by atoms with Crippen LogP contribution in [0.25, 0.3) is 0 Å². The van der Waals surface area contributed by atoms with E-state index in [1.807, 2.05) is 13.8 Å². The van der Waals surface area contributed by atoms with Crippen LogP contribution in [0.1, 0.15) is 38.1 Å². The first-order valence-corrected chi connectivity index (χ1v) is 9.95. The van der Waals surface area contributed by atoms with E-state index in [9.17, 15) is 17.6 Å². The lowest BCUT2D eigenvalue weighted by molar-refractivity contribution is -0.117. The fourth-order valence-electron chi connectivity index (χ4n) is 1.90. The lowest BCUT2D eigenvalue weighted by Gasteiger charge is -2.16. The molecule has 2 aromatic rings. The monoisotopic (exact) mass is 386 g/mol. The van der Waals surface area contributed by atoms with E-state index in [0.717, 1.165) is 29.3 Å². The molecule has 0 radical (unpaired) electrons. The Morgan fingerprint density at radius 1 is 1.24 bits per heavy atom. The molecule has 25 heavy (non-hydrogen) atoms. The molecule has 136 valence electrons. The standard InChI is InChI=1S/C15H19FN4O3S2/c1-4-12(13(21)17-15-19-18-14(24-15)9(2)3)20-25(22,23)11-7-5-10(16)6-8-11/h5-9,12,20H,4H2,1-3H3,(H,17,19,21). The van der Waals surface area contributed by atoms with Crippen molar-refractivity contribution in [1.29, 1.82) is 0 Å². The third-order valence-corrected chi connectivity index (χ3v) is 5.94. The average Bonchev–Trinajstić information content (AvgIpc) is 3.01. The van der Waals surface area contributed by atoms with E-state index >= 15 is 0 Å². The van der Waals surface area contributed by atoms with Crippen LogP contribution in [0.3, 0.4) is 0 Å². The van der Waals surface area contributed by atoms with Gasteiger partial charge in [0.15, 0.2) is 0 Å². The molecule has 0 spiro atoms. The second-order valence-electron chi connectivity index (χ2n) is 5.63. The highest BCUT2D eigenvalue weighted by Crippen LogP contribution is 2.22. The Balaban J connectivity index is 2.09. The number of halogens is 1. The molecule has 0 saturated carbocycles. The summed E-state index contributed by atoms with van der Waals surface area (Å²) in [5, 5.41) is 11.5. The van der Waals surface area contributed by atoms with E-state index in [-0.39, 0.29) is 17.2 Å². The van der Waals surface area contributed by atoms with Crippen LogP contribution < -0.4 is 10.0 Å². The van der Waals surface area contributed by atoms with Crippen LogP contribution in [-0.2, 0) is 14.8 Å². The molecule has 0 aliphatic rings. The minimum absolute atomic E-state index is 0.113. The van der Waals surface area contributed by atoms with Gasteiger partial charge in [0.1, 0.15) is 16.9 Å². The predicted molar refractivity (Wildman–Crippen MR) is 93.4 cm³/mol. The van der Waals surface area contributed by atoms with Gasteiger partial charge >= 0.3 is 0 Å². The molecule has 1 aromatic heterocycles. The van der Waals surface area contributed by atoms with Gasteiger partial charge in [-0.1, -0.05) is 32.1 Å². The van der Waals surface area contributed by atoms with Gasteiger partial charge in [0.05, 0.1) is 4.90 Å². The number of hydrogen-bond acceptors (Lipinski definition) is 6. The van der Waals surface area contributed by atoms with Crippen LogP contribution in [0.5, 0.6) is 0 Å². The number of carbonyl (C=O) groups is 1. The van der Waals surface area contributed by atoms with Crippen molar-refractivity contribution >= 4 is 32.4 Å². The Kier molecular flexibility index (Phi) is 6.20. The zero-order valence-corrected chi connectivity index (χ0v) is 15.6. The van der Waals surface area contributed by atoms with Crippen LogP contribution in [0, 0.1) is 5.82 Å². The van der Waals surface area contributed by atoms with Crippen molar-refractivity contribution in [2.75, 3.05) is 5.32 Å². The van der Waals surface area contributed by atoms with E-state index in [1.165, 1.54) is 11.3 Å². The van der Waals surface area contributed by atoms with Crippen LogP contribution in [0.2, 0.25) is 0 Å². The third-order valence-electron chi connectivity index (χ3n) is 3.31. The maximum absolute atomic E-state index is 12.9. The molecular weight excluding hydrogens is 367 g/mol. The van der Waals surface area contributed by atoms with Gasteiger partial charge < -0.3 is 0 Å². The molecule has 0 aliphatic heterocycles. The molecule has 1 heterocycles. The number of amides is 1. The molecule has 7 nitrogen and oxygen atoms in total. The fourth-order valence-corrected chi connectivity index (χ4v) is 3.93. The summed E-state index contributed by atoms with van der Waals surface area (Å²) in [6.07, 6.45) is 0.238. The largest absolute Gasteiger partial charge is 0.299 e. The normalized spacial score (nSPS) is 13.0. The summed E-state index contributed by atoms with van der Waals surface area (Å²) in [6, 6.07) is 3.39. The van der Waals surface area contributed by atoms with Crippen LogP contribution in [0.15, 0.2) is 29.2 Å². The molecular formula is C15H19FN4O3S2. The van der Waals surface area contributed by atoms with Crippen molar-refractivity contribution in [2.24, 2.45) is 0 Å². The molecule has 1 unspecified atom stereocenters. The Morgan fingerprint density at radius 3 is 2.40 bits per heavy atom. The van der Waals surface area contributed by atoms with Crippen molar-refractivity contribution in [3.05, 3.63) is 35.1 Å². The van der Waals surface area contributed by atoms with Gasteiger partial charge in [-0.05, 0) is 30.7 Å². The molecule has 0 fully saturated rings. The van der Waals surface area contributed by atoms with Gasteiger partial charge in [-0.25, -0.2) is 12.8 Å². The highest BCUT2D eigenvalue weighted by molar-refractivity contribution is 7.89. The molecule has 0 saturated heterocycles. The Morgan fingerprint density at radius 2 is 1.88 bits per heavy atom. The first kappa shape index (κ1) is 19.4. The highest BCUT2D eigenvalue weighted by Gasteiger charge is 2.25. The highest BCUT2D eigenvalue weighted by atomic mass is 32.2. The van der Waals surface area contributed by atoms with Crippen LogP contribution in [0.4, 0.5) is 9.52 Å². The smallest absolute Gasteiger partial charge is 0.244 e. The summed E-state index contributed by atoms with van der Waals surface area (Å²) in [7, 11) is -3.94. The number of hydrogen-bond donors (Lipinski definition) is 2. The average molecular weight is 386 g/mol. The number of nitrogens with one attached hydrogen (secondary N) is 2. The zero-order chi connectivity index (χ0) is 18.6. The first-order valence-electron chi connectivity index (χ1n) is 7.65. The zero-order valence-electron chi connectivity index (χ0n) is 14.0. The van der Waals surface area contributed by atoms with Gasteiger partial charge in [-0.3, -0.25) is 10.1 Å². The number of sulfonamides is 1. The molecule has 0 bridgehead atoms. The maximum Gasteiger partial charge on any atom is 0.244 e. The molecule has 10 heteroatoms. The van der Waals surface area contributed by atoms with Gasteiger partial charge in [0.25, 0.3) is 0 Å². The molecule has 1 aromatic carbocycles. The second kappa shape index (κ2) is 7.98. The lowest BCUT2D eigenvalue weighted by Crippen LogP contribution is -2.43. The number of rotatable bonds is 7. The van der Waals surface area contributed by atoms with Crippen molar-refractivity contribution in [3.8, 4) is 0 Å². The number of nitrogens with zero attached hydrogens (tertiary/aromatic N) is 2. The van der Waals surface area contributed by atoms with Crippen molar-refractivity contribution in [2.45, 2.75) is 44.0 Å². The lowest BCUT2D eigenvalue weighted by atomic mass is 10.2. The minimum atomic E-state index is -3.94. The number of carbonyl (C=O) groups excluding carboxylic acids is 1. The van der Waals surface area contributed by atoms with E-state index in [0.29, 0.717) is 5.13 Å². The molecule has 2 rings (SSSR count). The predicted octanol–water partition coefficient (Wildman–Crippen LogP) is 2.50. The molecule has 1 atom stereocenters. The van der Waals surface area contributed by atoms with E-state index in [2.05, 4.69) is 20.2 Å². The van der Waals surface area contributed by atoms with Gasteiger partial charge in [0, 0.05) is 5.92 Å². The van der Waals surface area contributed by atoms with Crippen molar-refractivity contribution in [1.82, 2.24) is 14.9 Å². The minimum Gasteiger partial charge on any atom is -0.299 e. The summed E-state index contributed by atoms with van der Waals surface area (Å²) in [6.45, 7) is 5.59. The Labute approximate surface area is 149 Å². The number of aromatic nitrogens is 2. The molecule has 1 amide bonds. The Bertz CT molecular complexity index is 835. The van der Waals surface area contributed by atoms with E-state index in [1.54, 1.807) is 6.92 Å². The quantitative estimate of drug-likeness (QED) is 0.761. The second-order valence-corrected chi connectivity index (χ2v) is 8.35. The van der Waals surface area contributed by atoms with Gasteiger partial charge in [0.2, 0.25) is 21.1 Å². The summed E-state index contributed by atoms with van der Waals surface area (Å²) in [5.74, 6) is -0.886. The summed E-state index contributed by atoms with van der Waals surface area (Å²) >= 11 is 1.24. The first-order chi connectivity index (χ1) is 11.7. The Hall–Kier alpha value is -1.91. The van der Waals surface area contributed by atoms with E-state index < -0.39 is 27.8 Å². The number of anilines is 1. The fraction of sp³-hybridized carbons (Fsp3) is 0.400.